The van der Waals surface area contributed by atoms with Crippen LogP contribution in [0.5, 0.6) is 0 Å². The second-order valence-corrected chi connectivity index (χ2v) is 7.88. The Labute approximate surface area is 160 Å². The Morgan fingerprint density at radius 3 is 2.35 bits per heavy atom. The van der Waals surface area contributed by atoms with E-state index in [9.17, 15) is 4.79 Å². The fourth-order valence-corrected chi connectivity index (χ4v) is 4.29. The highest BCUT2D eigenvalue weighted by atomic mass is 32.2. The van der Waals surface area contributed by atoms with Crippen LogP contribution in [-0.2, 0) is 4.79 Å². The number of carbonyl (C=O) groups excluding carboxylic acids is 1. The van der Waals surface area contributed by atoms with Crippen molar-refractivity contribution in [3.63, 3.8) is 0 Å². The lowest BCUT2D eigenvalue weighted by molar-refractivity contribution is -0.124. The second kappa shape index (κ2) is 8.86. The van der Waals surface area contributed by atoms with E-state index in [0.717, 1.165) is 30.6 Å². The van der Waals surface area contributed by atoms with Gasteiger partial charge in [0, 0.05) is 10.3 Å². The number of benzene rings is 2. The quantitative estimate of drug-likeness (QED) is 0.512. The predicted molar refractivity (Wildman–Crippen MR) is 112 cm³/mol. The number of rotatable bonds is 7. The summed E-state index contributed by atoms with van der Waals surface area (Å²) in [7, 11) is 0. The SMILES string of the molecule is C=CCC1(C/C=C/c2ccccc2)CCC(Sc2ccccc2)=CC1=O. The van der Waals surface area contributed by atoms with Crippen LogP contribution in [-0.4, -0.2) is 5.78 Å². The molecule has 1 aliphatic rings. The molecular weight excluding hydrogens is 336 g/mol. The number of ketones is 1. The Morgan fingerprint density at radius 1 is 1.00 bits per heavy atom. The van der Waals surface area contributed by atoms with E-state index >= 15 is 0 Å². The summed E-state index contributed by atoms with van der Waals surface area (Å²) in [5, 5.41) is 0. The molecule has 132 valence electrons. The van der Waals surface area contributed by atoms with Crippen molar-refractivity contribution < 1.29 is 4.79 Å². The highest BCUT2D eigenvalue weighted by Gasteiger charge is 2.37. The molecule has 1 unspecified atom stereocenters. The molecule has 1 nitrogen and oxygen atoms in total. The molecular formula is C24H24OS. The van der Waals surface area contributed by atoms with Crippen molar-refractivity contribution in [1.29, 1.82) is 0 Å². The Kier molecular flexibility index (Phi) is 6.30. The average molecular weight is 361 g/mol. The summed E-state index contributed by atoms with van der Waals surface area (Å²) in [5.41, 5.74) is 0.828. The van der Waals surface area contributed by atoms with E-state index < -0.39 is 0 Å². The van der Waals surface area contributed by atoms with Gasteiger partial charge in [0.15, 0.2) is 5.78 Å². The normalized spacial score (nSPS) is 20.2. The van der Waals surface area contributed by atoms with Gasteiger partial charge in [-0.1, -0.05) is 78.5 Å². The average Bonchev–Trinajstić information content (AvgIpc) is 2.67. The number of hydrogen-bond donors (Lipinski definition) is 0. The van der Waals surface area contributed by atoms with Crippen LogP contribution in [0, 0.1) is 5.41 Å². The zero-order valence-corrected chi connectivity index (χ0v) is 15.8. The third-order valence-electron chi connectivity index (χ3n) is 4.81. The van der Waals surface area contributed by atoms with Crippen molar-refractivity contribution in [3.05, 3.63) is 95.9 Å². The van der Waals surface area contributed by atoms with Gasteiger partial charge in [0.2, 0.25) is 0 Å². The monoisotopic (exact) mass is 360 g/mol. The molecule has 0 heterocycles. The molecule has 0 radical (unpaired) electrons. The molecule has 1 atom stereocenters. The van der Waals surface area contributed by atoms with Crippen molar-refractivity contribution >= 4 is 23.6 Å². The van der Waals surface area contributed by atoms with Crippen LogP contribution in [0.15, 0.2) is 95.3 Å². The Balaban J connectivity index is 1.72. The van der Waals surface area contributed by atoms with E-state index in [4.69, 9.17) is 0 Å². The third kappa shape index (κ3) is 4.64. The molecule has 0 aromatic heterocycles. The van der Waals surface area contributed by atoms with Crippen LogP contribution < -0.4 is 0 Å². The van der Waals surface area contributed by atoms with Crippen molar-refractivity contribution in [2.24, 2.45) is 5.41 Å². The molecule has 0 saturated carbocycles. The lowest BCUT2D eigenvalue weighted by Crippen LogP contribution is -2.31. The molecule has 2 aromatic rings. The fraction of sp³-hybridized carbons (Fsp3) is 0.208. The topological polar surface area (TPSA) is 17.1 Å². The van der Waals surface area contributed by atoms with E-state index in [1.54, 1.807) is 11.8 Å². The van der Waals surface area contributed by atoms with Gasteiger partial charge in [0.25, 0.3) is 0 Å². The summed E-state index contributed by atoms with van der Waals surface area (Å²) in [5.74, 6) is 0.236. The first-order valence-corrected chi connectivity index (χ1v) is 9.84. The summed E-state index contributed by atoms with van der Waals surface area (Å²) >= 11 is 1.70. The summed E-state index contributed by atoms with van der Waals surface area (Å²) in [6.07, 6.45) is 11.3. The molecule has 0 aliphatic heterocycles. The van der Waals surface area contributed by atoms with Crippen LogP contribution in [0.25, 0.3) is 6.08 Å². The summed E-state index contributed by atoms with van der Waals surface area (Å²) < 4.78 is 0. The Hall–Kier alpha value is -2.32. The van der Waals surface area contributed by atoms with Crippen LogP contribution in [0.1, 0.15) is 31.2 Å². The molecule has 0 amide bonds. The molecule has 0 fully saturated rings. The lowest BCUT2D eigenvalue weighted by atomic mass is 9.71. The van der Waals surface area contributed by atoms with E-state index in [2.05, 4.69) is 43.0 Å². The van der Waals surface area contributed by atoms with Gasteiger partial charge < -0.3 is 0 Å². The van der Waals surface area contributed by atoms with Crippen molar-refractivity contribution in [2.75, 3.05) is 0 Å². The molecule has 2 heteroatoms. The highest BCUT2D eigenvalue weighted by molar-refractivity contribution is 8.03. The molecule has 0 spiro atoms. The molecule has 0 N–H and O–H groups in total. The standard InChI is InChI=1S/C24H24OS/c1-2-16-24(17-9-12-20-10-5-3-6-11-20)18-15-22(19-23(24)25)26-21-13-7-4-8-14-21/h2-14,19H,1,15-18H2/b12-9+. The Morgan fingerprint density at radius 2 is 1.69 bits per heavy atom. The molecule has 0 bridgehead atoms. The number of hydrogen-bond acceptors (Lipinski definition) is 2. The Bertz CT molecular complexity index is 805. The summed E-state index contributed by atoms with van der Waals surface area (Å²) in [6, 6.07) is 20.5. The minimum absolute atomic E-state index is 0.236. The largest absolute Gasteiger partial charge is 0.294 e. The van der Waals surface area contributed by atoms with Crippen LogP contribution in [0.4, 0.5) is 0 Å². The van der Waals surface area contributed by atoms with Crippen molar-refractivity contribution in [3.8, 4) is 0 Å². The second-order valence-electron chi connectivity index (χ2n) is 6.68. The van der Waals surface area contributed by atoms with E-state index in [1.165, 1.54) is 10.5 Å². The van der Waals surface area contributed by atoms with Gasteiger partial charge in [0.05, 0.1) is 0 Å². The maximum atomic E-state index is 13.0. The lowest BCUT2D eigenvalue weighted by Gasteiger charge is -2.33. The van der Waals surface area contributed by atoms with Crippen LogP contribution in [0.2, 0.25) is 0 Å². The maximum absolute atomic E-state index is 13.0. The van der Waals surface area contributed by atoms with Gasteiger partial charge in [-0.15, -0.1) is 6.58 Å². The maximum Gasteiger partial charge on any atom is 0.163 e. The predicted octanol–water partition coefficient (Wildman–Crippen LogP) is 6.69. The molecule has 2 aromatic carbocycles. The van der Waals surface area contributed by atoms with E-state index in [1.807, 2.05) is 48.6 Å². The van der Waals surface area contributed by atoms with Gasteiger partial charge >= 0.3 is 0 Å². The van der Waals surface area contributed by atoms with E-state index in [0.29, 0.717) is 0 Å². The minimum atomic E-state index is -0.340. The summed E-state index contributed by atoms with van der Waals surface area (Å²) in [4.78, 5) is 15.3. The third-order valence-corrected chi connectivity index (χ3v) is 5.90. The first kappa shape index (κ1) is 18.5. The smallest absolute Gasteiger partial charge is 0.163 e. The molecule has 26 heavy (non-hydrogen) atoms. The van der Waals surface area contributed by atoms with Crippen molar-refractivity contribution in [2.45, 2.75) is 30.6 Å². The van der Waals surface area contributed by atoms with Crippen LogP contribution in [0.3, 0.4) is 0 Å². The first-order valence-electron chi connectivity index (χ1n) is 9.02. The molecule has 1 aliphatic carbocycles. The zero-order chi connectivity index (χ0) is 18.2. The van der Waals surface area contributed by atoms with Crippen LogP contribution >= 0.6 is 11.8 Å². The van der Waals surface area contributed by atoms with Gasteiger partial charge in [-0.3, -0.25) is 4.79 Å². The number of thioether (sulfide) groups is 1. The van der Waals surface area contributed by atoms with E-state index in [-0.39, 0.29) is 11.2 Å². The minimum Gasteiger partial charge on any atom is -0.294 e. The van der Waals surface area contributed by atoms with Gasteiger partial charge in [-0.2, -0.15) is 0 Å². The molecule has 3 rings (SSSR count). The fourth-order valence-electron chi connectivity index (χ4n) is 3.33. The van der Waals surface area contributed by atoms with Crippen molar-refractivity contribution in [1.82, 2.24) is 0 Å². The first-order chi connectivity index (χ1) is 12.7. The summed E-state index contributed by atoms with van der Waals surface area (Å²) in [6.45, 7) is 3.89. The van der Waals surface area contributed by atoms with Gasteiger partial charge in [0.1, 0.15) is 0 Å². The van der Waals surface area contributed by atoms with Gasteiger partial charge in [-0.05, 0) is 54.4 Å². The number of carbonyl (C=O) groups is 1. The molecule has 0 saturated heterocycles. The van der Waals surface area contributed by atoms with Gasteiger partial charge in [-0.25, -0.2) is 0 Å². The zero-order valence-electron chi connectivity index (χ0n) is 14.9. The number of allylic oxidation sites excluding steroid dienone is 4. The highest BCUT2D eigenvalue weighted by Crippen LogP contribution is 2.43.